The van der Waals surface area contributed by atoms with Gasteiger partial charge in [-0.3, -0.25) is 9.69 Å². The van der Waals surface area contributed by atoms with Crippen molar-refractivity contribution < 1.29 is 9.32 Å². The molecule has 1 amide bonds. The monoisotopic (exact) mass is 289 g/mol. The lowest BCUT2D eigenvalue weighted by atomic mass is 10.0. The summed E-state index contributed by atoms with van der Waals surface area (Å²) >= 11 is 0. The fraction of sp³-hybridized carbons (Fsp3) is 0.625. The molecule has 1 aliphatic heterocycles. The number of piperazine rings is 1. The second-order valence-electron chi connectivity index (χ2n) is 6.06. The summed E-state index contributed by atoms with van der Waals surface area (Å²) < 4.78 is 5.25. The lowest BCUT2D eigenvalue weighted by molar-refractivity contribution is -0.133. The molecule has 1 unspecified atom stereocenters. The highest BCUT2D eigenvalue weighted by molar-refractivity contribution is 5.76. The molecule has 1 aromatic rings. The van der Waals surface area contributed by atoms with E-state index in [1.165, 1.54) is 0 Å². The SMILES string of the molecule is Cc1cc(CN2CCN(C(=O)CC3C=CCC3)CC2)on1. The minimum absolute atomic E-state index is 0.307. The number of rotatable bonds is 4. The van der Waals surface area contributed by atoms with Crippen LogP contribution in [0.5, 0.6) is 0 Å². The number of amides is 1. The maximum atomic E-state index is 12.3. The lowest BCUT2D eigenvalue weighted by Gasteiger charge is -2.34. The molecule has 0 bridgehead atoms. The summed E-state index contributed by atoms with van der Waals surface area (Å²) in [6, 6.07) is 1.98. The number of carbonyl (C=O) groups excluding carboxylic acids is 1. The van der Waals surface area contributed by atoms with E-state index in [1.807, 2.05) is 17.9 Å². The lowest BCUT2D eigenvalue weighted by Crippen LogP contribution is -2.48. The highest BCUT2D eigenvalue weighted by Crippen LogP contribution is 2.21. The Kier molecular flexibility index (Phi) is 4.39. The summed E-state index contributed by atoms with van der Waals surface area (Å²) in [5.41, 5.74) is 0.920. The van der Waals surface area contributed by atoms with Gasteiger partial charge in [0.2, 0.25) is 5.91 Å². The van der Waals surface area contributed by atoms with Crippen molar-refractivity contribution in [3.63, 3.8) is 0 Å². The molecule has 114 valence electrons. The summed E-state index contributed by atoms with van der Waals surface area (Å²) in [5.74, 6) is 1.68. The van der Waals surface area contributed by atoms with Gasteiger partial charge in [-0.25, -0.2) is 0 Å². The van der Waals surface area contributed by atoms with Crippen molar-refractivity contribution in [1.82, 2.24) is 15.0 Å². The molecule has 2 heterocycles. The van der Waals surface area contributed by atoms with Crippen molar-refractivity contribution in [3.8, 4) is 0 Å². The second-order valence-corrected chi connectivity index (χ2v) is 6.06. The maximum absolute atomic E-state index is 12.3. The molecule has 5 heteroatoms. The van der Waals surface area contributed by atoms with Gasteiger partial charge >= 0.3 is 0 Å². The number of aryl methyl sites for hydroxylation is 1. The topological polar surface area (TPSA) is 49.6 Å². The van der Waals surface area contributed by atoms with Crippen LogP contribution in [0.3, 0.4) is 0 Å². The molecule has 5 nitrogen and oxygen atoms in total. The van der Waals surface area contributed by atoms with E-state index in [-0.39, 0.29) is 0 Å². The Bertz CT molecular complexity index is 515. The molecule has 1 saturated heterocycles. The van der Waals surface area contributed by atoms with Gasteiger partial charge in [-0.1, -0.05) is 17.3 Å². The Labute approximate surface area is 125 Å². The fourth-order valence-corrected chi connectivity index (χ4v) is 3.09. The third-order valence-electron chi connectivity index (χ3n) is 4.33. The third-order valence-corrected chi connectivity index (χ3v) is 4.33. The molecule has 3 rings (SSSR count). The summed E-state index contributed by atoms with van der Waals surface area (Å²) in [5, 5.41) is 3.91. The van der Waals surface area contributed by atoms with Gasteiger partial charge in [0.05, 0.1) is 12.2 Å². The molecule has 0 spiro atoms. The van der Waals surface area contributed by atoms with Gasteiger partial charge in [-0.05, 0) is 25.7 Å². The van der Waals surface area contributed by atoms with Gasteiger partial charge in [0, 0.05) is 38.7 Å². The number of nitrogens with zero attached hydrogens (tertiary/aromatic N) is 3. The van der Waals surface area contributed by atoms with Crippen LogP contribution >= 0.6 is 0 Å². The van der Waals surface area contributed by atoms with Gasteiger partial charge in [-0.2, -0.15) is 0 Å². The Morgan fingerprint density at radius 2 is 2.19 bits per heavy atom. The van der Waals surface area contributed by atoms with Crippen LogP contribution in [0.4, 0.5) is 0 Å². The average Bonchev–Trinajstić information content (AvgIpc) is 3.12. The summed E-state index contributed by atoms with van der Waals surface area (Å²) in [6.45, 7) is 6.18. The number of hydrogen-bond acceptors (Lipinski definition) is 4. The quantitative estimate of drug-likeness (QED) is 0.795. The van der Waals surface area contributed by atoms with Crippen molar-refractivity contribution in [2.24, 2.45) is 5.92 Å². The Morgan fingerprint density at radius 1 is 1.38 bits per heavy atom. The van der Waals surface area contributed by atoms with E-state index in [1.54, 1.807) is 0 Å². The van der Waals surface area contributed by atoms with Gasteiger partial charge < -0.3 is 9.42 Å². The van der Waals surface area contributed by atoms with Gasteiger partial charge in [0.15, 0.2) is 5.76 Å². The molecule has 0 N–H and O–H groups in total. The van der Waals surface area contributed by atoms with E-state index in [2.05, 4.69) is 22.2 Å². The van der Waals surface area contributed by atoms with Crippen LogP contribution in [-0.2, 0) is 11.3 Å². The first-order chi connectivity index (χ1) is 10.2. The molecule has 1 atom stereocenters. The zero-order valence-corrected chi connectivity index (χ0v) is 12.6. The highest BCUT2D eigenvalue weighted by Gasteiger charge is 2.24. The molecule has 1 aromatic heterocycles. The Balaban J connectivity index is 1.44. The van der Waals surface area contributed by atoms with Gasteiger partial charge in [0.25, 0.3) is 0 Å². The molecule has 21 heavy (non-hydrogen) atoms. The molecule has 1 aliphatic carbocycles. The number of carbonyl (C=O) groups is 1. The summed E-state index contributed by atoms with van der Waals surface area (Å²) in [7, 11) is 0. The number of aromatic nitrogens is 1. The van der Waals surface area contributed by atoms with Crippen molar-refractivity contribution in [1.29, 1.82) is 0 Å². The first-order valence-electron chi connectivity index (χ1n) is 7.80. The van der Waals surface area contributed by atoms with Crippen LogP contribution in [0.15, 0.2) is 22.7 Å². The smallest absolute Gasteiger partial charge is 0.223 e. The van der Waals surface area contributed by atoms with Crippen molar-refractivity contribution in [2.45, 2.75) is 32.7 Å². The predicted octanol–water partition coefficient (Wildman–Crippen LogP) is 1.98. The third kappa shape index (κ3) is 3.73. The zero-order chi connectivity index (χ0) is 14.7. The Hall–Kier alpha value is -1.62. The number of allylic oxidation sites excluding steroid dienone is 2. The maximum Gasteiger partial charge on any atom is 0.223 e. The van der Waals surface area contributed by atoms with E-state index in [9.17, 15) is 4.79 Å². The Morgan fingerprint density at radius 3 is 2.81 bits per heavy atom. The minimum Gasteiger partial charge on any atom is -0.360 e. The molecule has 0 aromatic carbocycles. The van der Waals surface area contributed by atoms with Crippen LogP contribution in [0.2, 0.25) is 0 Å². The van der Waals surface area contributed by atoms with Crippen LogP contribution in [0.1, 0.15) is 30.7 Å². The fourth-order valence-electron chi connectivity index (χ4n) is 3.09. The highest BCUT2D eigenvalue weighted by atomic mass is 16.5. The minimum atomic E-state index is 0.307. The van der Waals surface area contributed by atoms with Gasteiger partial charge in [-0.15, -0.1) is 0 Å². The largest absolute Gasteiger partial charge is 0.360 e. The molecule has 1 fully saturated rings. The second kappa shape index (κ2) is 6.43. The number of hydrogen-bond donors (Lipinski definition) is 0. The van der Waals surface area contributed by atoms with E-state index < -0.39 is 0 Å². The first kappa shape index (κ1) is 14.3. The normalized spacial score (nSPS) is 22.9. The predicted molar refractivity (Wildman–Crippen MR) is 79.6 cm³/mol. The summed E-state index contributed by atoms with van der Waals surface area (Å²) in [6.07, 6.45) is 7.33. The van der Waals surface area contributed by atoms with E-state index >= 15 is 0 Å². The average molecular weight is 289 g/mol. The first-order valence-corrected chi connectivity index (χ1v) is 7.80. The van der Waals surface area contributed by atoms with Crippen LogP contribution in [0.25, 0.3) is 0 Å². The van der Waals surface area contributed by atoms with Crippen LogP contribution in [0, 0.1) is 12.8 Å². The van der Waals surface area contributed by atoms with Crippen LogP contribution < -0.4 is 0 Å². The van der Waals surface area contributed by atoms with E-state index in [0.29, 0.717) is 18.2 Å². The zero-order valence-electron chi connectivity index (χ0n) is 12.6. The van der Waals surface area contributed by atoms with Crippen molar-refractivity contribution in [3.05, 3.63) is 29.7 Å². The molecule has 2 aliphatic rings. The molecule has 0 radical (unpaired) electrons. The van der Waals surface area contributed by atoms with E-state index in [4.69, 9.17) is 4.52 Å². The van der Waals surface area contributed by atoms with E-state index in [0.717, 1.165) is 57.0 Å². The van der Waals surface area contributed by atoms with Crippen LogP contribution in [-0.4, -0.2) is 47.0 Å². The van der Waals surface area contributed by atoms with Crippen molar-refractivity contribution >= 4 is 5.91 Å². The summed E-state index contributed by atoms with van der Waals surface area (Å²) in [4.78, 5) is 16.6. The molecular formula is C16H23N3O2. The van der Waals surface area contributed by atoms with Gasteiger partial charge in [0.1, 0.15) is 0 Å². The molecule has 0 saturated carbocycles. The van der Waals surface area contributed by atoms with Crippen molar-refractivity contribution in [2.75, 3.05) is 26.2 Å². The molecular weight excluding hydrogens is 266 g/mol. The standard InChI is InChI=1S/C16H23N3O2/c1-13-10-15(21-17-13)12-18-6-8-19(9-7-18)16(20)11-14-4-2-3-5-14/h2,4,10,14H,3,5-9,11-12H2,1H3.